The number of carboxylic acid groups (broad SMARTS) is 1. The summed E-state index contributed by atoms with van der Waals surface area (Å²) in [5.74, 6) is -1.44. The van der Waals surface area contributed by atoms with Crippen molar-refractivity contribution in [3.63, 3.8) is 0 Å². The summed E-state index contributed by atoms with van der Waals surface area (Å²) in [6, 6.07) is 7.67. The number of aliphatic carboxylic acids is 1. The Labute approximate surface area is 114 Å². The van der Waals surface area contributed by atoms with E-state index in [1.807, 2.05) is 6.07 Å². The average molecular weight is 300 g/mol. The van der Waals surface area contributed by atoms with Crippen LogP contribution >= 0.6 is 7.60 Å². The zero-order valence-corrected chi connectivity index (χ0v) is 11.2. The summed E-state index contributed by atoms with van der Waals surface area (Å²) in [5, 5.41) is 29.6. The van der Waals surface area contributed by atoms with E-state index in [1.54, 1.807) is 0 Å². The summed E-state index contributed by atoms with van der Waals surface area (Å²) in [4.78, 5) is 28.5. The lowest BCUT2D eigenvalue weighted by Gasteiger charge is -2.41. The quantitative estimate of drug-likeness (QED) is 0.396. The molecule has 0 saturated heterocycles. The minimum atomic E-state index is -4.65. The van der Waals surface area contributed by atoms with Gasteiger partial charge in [0.15, 0.2) is 12.8 Å². The highest BCUT2D eigenvalue weighted by Gasteiger charge is 2.30. The molecule has 0 spiro atoms. The van der Waals surface area contributed by atoms with Gasteiger partial charge in [-0.25, -0.2) is 4.79 Å². The molecule has 1 aromatic rings. The van der Waals surface area contributed by atoms with E-state index in [0.717, 1.165) is 0 Å². The second-order valence-electron chi connectivity index (χ2n) is 4.38. The molecule has 0 amide bonds. The zero-order chi connectivity index (χ0) is 15.4. The van der Waals surface area contributed by atoms with Crippen LogP contribution in [0.3, 0.4) is 0 Å². The molecular weight excluding hydrogens is 287 g/mol. The topological polar surface area (TPSA) is 142 Å². The maximum atomic E-state index is 12.3. The van der Waals surface area contributed by atoms with Crippen LogP contribution in [-0.2, 0) is 15.9 Å². The Morgan fingerprint density at radius 1 is 1.35 bits per heavy atom. The third-order valence-corrected chi connectivity index (χ3v) is 3.30. The molecule has 108 valence electrons. The van der Waals surface area contributed by atoms with Crippen LogP contribution < -0.4 is 0 Å². The van der Waals surface area contributed by atoms with E-state index in [9.17, 15) is 14.6 Å². The smallest absolute Gasteiger partial charge is 0.379 e. The van der Waals surface area contributed by atoms with Crippen LogP contribution in [0.5, 0.6) is 0 Å². The molecule has 0 aliphatic heterocycles. The summed E-state index contributed by atoms with van der Waals surface area (Å²) in [7, 11) is -4.65. The molecule has 0 bridgehead atoms. The number of carboxylic acids is 1. The molecule has 0 radical (unpaired) electrons. The van der Waals surface area contributed by atoms with E-state index in [2.05, 4.69) is 0 Å². The number of nitrogens with zero attached hydrogens (tertiary/aromatic N) is 2. The highest BCUT2D eigenvalue weighted by molar-refractivity contribution is 7.51. The van der Waals surface area contributed by atoms with Crippen LogP contribution in [0.4, 0.5) is 0 Å². The van der Waals surface area contributed by atoms with Crippen molar-refractivity contribution in [1.29, 1.82) is 5.26 Å². The Balaban J connectivity index is 2.96. The maximum absolute atomic E-state index is 12.3. The lowest BCUT2D eigenvalue weighted by molar-refractivity contribution is -0.876. The predicted molar refractivity (Wildman–Crippen MR) is 67.9 cm³/mol. The molecule has 1 aromatic carbocycles. The summed E-state index contributed by atoms with van der Waals surface area (Å²) >= 11 is 0. The Kier molecular flexibility index (Phi) is 5.00. The van der Waals surface area contributed by atoms with Crippen molar-refractivity contribution in [2.45, 2.75) is 6.54 Å². The number of benzene rings is 1. The number of nitriles is 1. The summed E-state index contributed by atoms with van der Waals surface area (Å²) < 4.78 is 9.40. The highest BCUT2D eigenvalue weighted by Crippen LogP contribution is 2.38. The standard InChI is InChI=1S/C11H13N2O6P/c12-5-9-1-3-10(4-2-9)6-13(16,7-11(14)15)8-20(17,18)19/h1-4H,6-8H2,(H,14,15)(H2,17,18,19). The number of hydrogen-bond donors (Lipinski definition) is 3. The minimum absolute atomic E-state index is 0.367. The third-order valence-electron chi connectivity index (χ3n) is 2.42. The van der Waals surface area contributed by atoms with E-state index in [0.29, 0.717) is 11.1 Å². The summed E-state index contributed by atoms with van der Waals surface area (Å²) in [6.45, 7) is -1.35. The van der Waals surface area contributed by atoms with Crippen molar-refractivity contribution in [2.75, 3.05) is 12.8 Å². The molecule has 1 rings (SSSR count). The van der Waals surface area contributed by atoms with Crippen LogP contribution in [0.15, 0.2) is 24.3 Å². The van der Waals surface area contributed by atoms with Crippen LogP contribution in [-0.4, -0.2) is 38.3 Å². The van der Waals surface area contributed by atoms with Gasteiger partial charge in [-0.3, -0.25) is 4.57 Å². The van der Waals surface area contributed by atoms with Crippen LogP contribution in [0.1, 0.15) is 11.1 Å². The largest absolute Gasteiger partial charge is 0.632 e. The van der Waals surface area contributed by atoms with E-state index >= 15 is 0 Å². The van der Waals surface area contributed by atoms with Gasteiger partial charge in [0.1, 0.15) is 6.54 Å². The van der Waals surface area contributed by atoms with Gasteiger partial charge in [-0.1, -0.05) is 12.1 Å². The molecule has 1 unspecified atom stereocenters. The van der Waals surface area contributed by atoms with E-state index < -0.39 is 37.6 Å². The fourth-order valence-corrected chi connectivity index (χ4v) is 2.63. The van der Waals surface area contributed by atoms with Crippen LogP contribution in [0.2, 0.25) is 0 Å². The van der Waals surface area contributed by atoms with Gasteiger partial charge in [-0.15, -0.1) is 0 Å². The molecule has 8 nitrogen and oxygen atoms in total. The Bertz CT molecular complexity index is 576. The normalized spacial score (nSPS) is 14.3. The minimum Gasteiger partial charge on any atom is -0.632 e. The van der Waals surface area contributed by atoms with Gasteiger partial charge in [0, 0.05) is 5.56 Å². The predicted octanol–water partition coefficient (Wildman–Crippen LogP) is 0.593. The van der Waals surface area contributed by atoms with Crippen molar-refractivity contribution in [1.82, 2.24) is 0 Å². The van der Waals surface area contributed by atoms with Crippen molar-refractivity contribution < 1.29 is 28.9 Å². The van der Waals surface area contributed by atoms with Gasteiger partial charge in [0.25, 0.3) is 0 Å². The van der Waals surface area contributed by atoms with Crippen LogP contribution in [0.25, 0.3) is 0 Å². The first-order chi connectivity index (χ1) is 9.13. The number of hydroxylamine groups is 3. The first-order valence-electron chi connectivity index (χ1n) is 5.46. The molecule has 20 heavy (non-hydrogen) atoms. The average Bonchev–Trinajstić information content (AvgIpc) is 2.25. The maximum Gasteiger partial charge on any atom is 0.379 e. The zero-order valence-electron chi connectivity index (χ0n) is 10.3. The second-order valence-corrected chi connectivity index (χ2v) is 6.00. The van der Waals surface area contributed by atoms with E-state index in [-0.39, 0.29) is 0 Å². The third kappa shape index (κ3) is 5.48. The van der Waals surface area contributed by atoms with Crippen molar-refractivity contribution in [2.24, 2.45) is 0 Å². The number of carbonyl (C=O) groups is 1. The second kappa shape index (κ2) is 6.13. The van der Waals surface area contributed by atoms with E-state index in [1.165, 1.54) is 24.3 Å². The highest BCUT2D eigenvalue weighted by atomic mass is 31.2. The Hall–Kier alpha value is -1.75. The Morgan fingerprint density at radius 3 is 2.30 bits per heavy atom. The SMILES string of the molecule is N#Cc1ccc(C[N+]([O-])(CC(=O)O)CP(=O)(O)O)cc1. The molecule has 0 aromatic heterocycles. The molecule has 0 saturated carbocycles. The van der Waals surface area contributed by atoms with Gasteiger partial charge in [-0.2, -0.15) is 5.26 Å². The molecule has 0 aliphatic carbocycles. The lowest BCUT2D eigenvalue weighted by Crippen LogP contribution is -2.45. The van der Waals surface area contributed by atoms with Crippen LogP contribution in [0, 0.1) is 16.5 Å². The van der Waals surface area contributed by atoms with Crippen molar-refractivity contribution >= 4 is 13.6 Å². The summed E-state index contributed by atoms with van der Waals surface area (Å²) in [5.41, 5.74) is 0.764. The fraction of sp³-hybridized carbons (Fsp3) is 0.273. The molecule has 0 heterocycles. The van der Waals surface area contributed by atoms with Gasteiger partial charge < -0.3 is 24.7 Å². The van der Waals surface area contributed by atoms with Gasteiger partial charge in [0.05, 0.1) is 11.6 Å². The van der Waals surface area contributed by atoms with Crippen molar-refractivity contribution in [3.05, 3.63) is 40.6 Å². The fourth-order valence-electron chi connectivity index (χ4n) is 1.76. The molecule has 9 heteroatoms. The number of rotatable bonds is 6. The van der Waals surface area contributed by atoms with Gasteiger partial charge in [-0.05, 0) is 12.1 Å². The Morgan fingerprint density at radius 2 is 1.90 bits per heavy atom. The first-order valence-corrected chi connectivity index (χ1v) is 7.26. The molecule has 3 N–H and O–H groups in total. The lowest BCUT2D eigenvalue weighted by atomic mass is 10.1. The van der Waals surface area contributed by atoms with Crippen molar-refractivity contribution in [3.8, 4) is 6.07 Å². The monoisotopic (exact) mass is 300 g/mol. The van der Waals surface area contributed by atoms with E-state index in [4.69, 9.17) is 20.2 Å². The summed E-state index contributed by atoms with van der Waals surface area (Å²) in [6.07, 6.45) is -1.11. The number of quaternary nitrogens is 1. The number of hydrogen-bond acceptors (Lipinski definition) is 4. The molecular formula is C11H13N2O6P. The molecule has 0 fully saturated rings. The molecule has 0 aliphatic rings. The molecule has 1 atom stereocenters. The van der Waals surface area contributed by atoms with Gasteiger partial charge in [0.2, 0.25) is 0 Å². The van der Waals surface area contributed by atoms with Gasteiger partial charge >= 0.3 is 13.6 Å². The first kappa shape index (κ1) is 16.3.